The summed E-state index contributed by atoms with van der Waals surface area (Å²) in [5.41, 5.74) is 1.12. The van der Waals surface area contributed by atoms with Gasteiger partial charge in [-0.3, -0.25) is 19.9 Å². The molecule has 0 bridgehead atoms. The fourth-order valence-corrected chi connectivity index (χ4v) is 4.20. The molecule has 0 aliphatic heterocycles. The van der Waals surface area contributed by atoms with Gasteiger partial charge in [-0.15, -0.1) is 0 Å². The van der Waals surface area contributed by atoms with Gasteiger partial charge in [0.2, 0.25) is 6.10 Å². The van der Waals surface area contributed by atoms with E-state index in [0.717, 1.165) is 4.52 Å². The van der Waals surface area contributed by atoms with Crippen molar-refractivity contribution in [2.45, 2.75) is 26.1 Å². The first kappa shape index (κ1) is 26.6. The van der Waals surface area contributed by atoms with Gasteiger partial charge in [-0.25, -0.2) is 14.3 Å². The third kappa shape index (κ3) is 5.15. The van der Waals surface area contributed by atoms with Gasteiger partial charge in [0.25, 0.3) is 5.56 Å². The first-order valence-electron chi connectivity index (χ1n) is 12.2. The number of H-pyrrole nitrogens is 1. The van der Waals surface area contributed by atoms with Crippen LogP contribution in [-0.4, -0.2) is 43.3 Å². The van der Waals surface area contributed by atoms with Crippen LogP contribution in [0.5, 0.6) is 5.75 Å². The lowest BCUT2D eigenvalue weighted by Gasteiger charge is -2.22. The number of nitrogens with one attached hydrogen (secondary N) is 1. The summed E-state index contributed by atoms with van der Waals surface area (Å²) >= 11 is 0. The van der Waals surface area contributed by atoms with Crippen molar-refractivity contribution in [1.82, 2.24) is 24.6 Å². The zero-order valence-corrected chi connectivity index (χ0v) is 21.3. The zero-order chi connectivity index (χ0) is 28.4. The fraction of sp³-hybridized carbons (Fsp3) is 0.179. The third-order valence-corrected chi connectivity index (χ3v) is 6.02. The van der Waals surface area contributed by atoms with Crippen molar-refractivity contribution < 1.29 is 27.4 Å². The van der Waals surface area contributed by atoms with Crippen molar-refractivity contribution in [1.29, 1.82) is 0 Å². The number of aromatic amines is 1. The van der Waals surface area contributed by atoms with Crippen LogP contribution >= 0.6 is 0 Å². The van der Waals surface area contributed by atoms with Crippen molar-refractivity contribution in [3.05, 3.63) is 100 Å². The summed E-state index contributed by atoms with van der Waals surface area (Å²) in [4.78, 5) is 39.1. The average molecular weight is 550 g/mol. The number of carbonyl (C=O) groups is 1. The first-order chi connectivity index (χ1) is 19.2. The lowest BCUT2D eigenvalue weighted by Crippen LogP contribution is -2.26. The maximum atomic E-state index is 13.7. The van der Waals surface area contributed by atoms with Crippen LogP contribution < -0.4 is 10.3 Å². The Kier molecular flexibility index (Phi) is 7.07. The number of rotatable bonds is 7. The molecular formula is C28H22F3N5O4. The Bertz CT molecular complexity index is 1730. The van der Waals surface area contributed by atoms with Crippen LogP contribution in [0, 0.1) is 6.92 Å². The maximum Gasteiger partial charge on any atom is 0.429 e. The van der Waals surface area contributed by atoms with E-state index in [4.69, 9.17) is 9.47 Å². The largest absolute Gasteiger partial charge is 0.476 e. The highest BCUT2D eigenvalue weighted by Crippen LogP contribution is 2.37. The fourth-order valence-electron chi connectivity index (χ4n) is 4.20. The van der Waals surface area contributed by atoms with Crippen LogP contribution in [0.1, 0.15) is 34.6 Å². The number of halogens is 3. The molecule has 0 aliphatic carbocycles. The number of alkyl halides is 3. The Morgan fingerprint density at radius 3 is 2.40 bits per heavy atom. The predicted molar refractivity (Wildman–Crippen MR) is 139 cm³/mol. The molecule has 0 saturated carbocycles. The first-order valence-corrected chi connectivity index (χ1v) is 12.2. The number of ether oxygens (including phenoxy) is 2. The van der Waals surface area contributed by atoms with E-state index in [2.05, 4.69) is 20.1 Å². The minimum atomic E-state index is -4.64. The van der Waals surface area contributed by atoms with Crippen LogP contribution in [0.25, 0.3) is 28.3 Å². The molecule has 3 aromatic heterocycles. The standard InChI is InChI=1S/C28H22F3N5O4/c1-3-39-27(38)22-24(23-16(2)32-13-14-33-23)35-36-21(37)15-20(34-26(22)36)17-9-11-19(12-10-17)40-25(28(29,30)31)18-7-5-4-6-8-18/h4-15,25,35H,3H2,1-2H3/t25-/m0/s1. The third-order valence-electron chi connectivity index (χ3n) is 6.02. The number of esters is 1. The lowest BCUT2D eigenvalue weighted by molar-refractivity contribution is -0.198. The van der Waals surface area contributed by atoms with Gasteiger partial charge in [0.15, 0.2) is 5.65 Å². The molecule has 0 amide bonds. The quantitative estimate of drug-likeness (QED) is 0.274. The number of hydrogen-bond acceptors (Lipinski definition) is 7. The van der Waals surface area contributed by atoms with E-state index in [1.54, 1.807) is 19.9 Å². The van der Waals surface area contributed by atoms with Crippen molar-refractivity contribution >= 4 is 11.6 Å². The molecule has 12 heteroatoms. The number of benzene rings is 2. The second-order valence-corrected chi connectivity index (χ2v) is 8.69. The number of aryl methyl sites for hydroxylation is 1. The van der Waals surface area contributed by atoms with Crippen LogP contribution in [0.2, 0.25) is 0 Å². The summed E-state index contributed by atoms with van der Waals surface area (Å²) in [5.74, 6) is -0.741. The molecule has 0 fully saturated rings. The zero-order valence-electron chi connectivity index (χ0n) is 21.3. The Labute approximate surface area is 225 Å². The topological polar surface area (TPSA) is 111 Å². The van der Waals surface area contributed by atoms with Gasteiger partial charge in [0.1, 0.15) is 22.7 Å². The van der Waals surface area contributed by atoms with Crippen molar-refractivity contribution in [3.63, 3.8) is 0 Å². The van der Waals surface area contributed by atoms with E-state index in [0.29, 0.717) is 17.0 Å². The van der Waals surface area contributed by atoms with Gasteiger partial charge in [0, 0.05) is 29.6 Å². The minimum absolute atomic E-state index is 0.000216. The minimum Gasteiger partial charge on any atom is -0.476 e. The van der Waals surface area contributed by atoms with Crippen molar-refractivity contribution in [2.24, 2.45) is 0 Å². The molecule has 0 spiro atoms. The number of hydrogen-bond donors (Lipinski definition) is 1. The van der Waals surface area contributed by atoms with Gasteiger partial charge in [-0.05, 0) is 38.1 Å². The highest BCUT2D eigenvalue weighted by Gasteiger charge is 2.43. The molecular weight excluding hydrogens is 527 g/mol. The van der Waals surface area contributed by atoms with Crippen LogP contribution in [0.4, 0.5) is 13.2 Å². The normalized spacial score (nSPS) is 12.3. The Morgan fingerprint density at radius 1 is 1.05 bits per heavy atom. The second-order valence-electron chi connectivity index (χ2n) is 8.69. The van der Waals surface area contributed by atoms with E-state index in [1.165, 1.54) is 67.0 Å². The smallest absolute Gasteiger partial charge is 0.429 e. The lowest BCUT2D eigenvalue weighted by atomic mass is 10.1. The summed E-state index contributed by atoms with van der Waals surface area (Å²) in [6, 6.07) is 14.2. The molecule has 9 nitrogen and oxygen atoms in total. The Balaban J connectivity index is 1.55. The number of aromatic nitrogens is 5. The highest BCUT2D eigenvalue weighted by atomic mass is 19.4. The number of carbonyl (C=O) groups excluding carboxylic acids is 1. The van der Waals surface area contributed by atoms with Gasteiger partial charge >= 0.3 is 12.1 Å². The Morgan fingerprint density at radius 2 is 1.75 bits per heavy atom. The second kappa shape index (κ2) is 10.6. The average Bonchev–Trinajstić information content (AvgIpc) is 3.32. The monoisotopic (exact) mass is 549 g/mol. The molecule has 1 atom stereocenters. The molecule has 0 saturated heterocycles. The predicted octanol–water partition coefficient (Wildman–Crippen LogP) is 5.31. The van der Waals surface area contributed by atoms with E-state index in [-0.39, 0.29) is 40.5 Å². The summed E-state index contributed by atoms with van der Waals surface area (Å²) in [6.07, 6.45) is -3.85. The number of fused-ring (bicyclic) bond motifs is 1. The van der Waals surface area contributed by atoms with Crippen molar-refractivity contribution in [3.8, 4) is 28.4 Å². The summed E-state index contributed by atoms with van der Waals surface area (Å²) in [5, 5.41) is 2.88. The maximum absolute atomic E-state index is 13.7. The van der Waals surface area contributed by atoms with Crippen LogP contribution in [-0.2, 0) is 4.74 Å². The summed E-state index contributed by atoms with van der Waals surface area (Å²) in [6.45, 7) is 3.44. The molecule has 0 radical (unpaired) electrons. The van der Waals surface area contributed by atoms with E-state index in [1.807, 2.05) is 0 Å². The summed E-state index contributed by atoms with van der Waals surface area (Å²) in [7, 11) is 0. The molecule has 40 heavy (non-hydrogen) atoms. The summed E-state index contributed by atoms with van der Waals surface area (Å²) < 4.78 is 52.8. The van der Waals surface area contributed by atoms with E-state index >= 15 is 0 Å². The number of nitrogens with zero attached hydrogens (tertiary/aromatic N) is 4. The molecule has 3 heterocycles. The highest BCUT2D eigenvalue weighted by molar-refractivity contribution is 6.02. The Hall–Kier alpha value is -5.00. The van der Waals surface area contributed by atoms with E-state index < -0.39 is 23.8 Å². The molecule has 204 valence electrons. The van der Waals surface area contributed by atoms with Crippen LogP contribution in [0.3, 0.4) is 0 Å². The van der Waals surface area contributed by atoms with Gasteiger partial charge in [0.05, 0.1) is 18.0 Å². The van der Waals surface area contributed by atoms with E-state index in [9.17, 15) is 22.8 Å². The molecule has 5 aromatic rings. The van der Waals surface area contributed by atoms with Gasteiger partial charge < -0.3 is 9.47 Å². The van der Waals surface area contributed by atoms with Crippen LogP contribution in [0.15, 0.2) is 77.9 Å². The SMILES string of the molecule is CCOC(=O)c1c(-c2nccnc2C)[nH]n2c(=O)cc(-c3ccc(O[C@@H](c4ccccc4)C(F)(F)F)cc3)nc12. The molecule has 0 aliphatic rings. The van der Waals surface area contributed by atoms with Gasteiger partial charge in [-0.2, -0.15) is 13.2 Å². The van der Waals surface area contributed by atoms with Gasteiger partial charge in [-0.1, -0.05) is 30.3 Å². The molecule has 5 rings (SSSR count). The molecule has 2 aromatic carbocycles. The molecule has 1 N–H and O–H groups in total. The van der Waals surface area contributed by atoms with Crippen molar-refractivity contribution in [2.75, 3.05) is 6.61 Å². The molecule has 0 unspecified atom stereocenters.